The molecule has 7 rings (SSSR count). The molecule has 0 aliphatic heterocycles. The van der Waals surface area contributed by atoms with E-state index in [9.17, 15) is 37.9 Å². The first-order chi connectivity index (χ1) is 32.2. The Hall–Kier alpha value is -7.63. The van der Waals surface area contributed by atoms with Gasteiger partial charge in [0.15, 0.2) is 17.1 Å². The van der Waals surface area contributed by atoms with Crippen LogP contribution in [-0.2, 0) is 54.4 Å². The van der Waals surface area contributed by atoms with Crippen LogP contribution in [0.15, 0.2) is 101 Å². The number of benzene rings is 3. The van der Waals surface area contributed by atoms with Crippen LogP contribution >= 0.6 is 0 Å². The number of nitrogens with one attached hydrogen (secondary N) is 1. The van der Waals surface area contributed by atoms with Gasteiger partial charge in [-0.2, -0.15) is 0 Å². The van der Waals surface area contributed by atoms with E-state index in [1.165, 1.54) is 54.6 Å². The van der Waals surface area contributed by atoms with Crippen molar-refractivity contribution < 1.29 is 47.2 Å². The minimum atomic E-state index is -0.915. The normalized spacial score (nSPS) is 10.8. The van der Waals surface area contributed by atoms with Crippen molar-refractivity contribution in [3.63, 3.8) is 0 Å². The molecular formula is C51H53F2N5O10. The molecule has 0 radical (unpaired) electrons. The number of nitrogens with zero attached hydrogens (tertiary/aromatic N) is 4. The van der Waals surface area contributed by atoms with Crippen LogP contribution in [0.1, 0.15) is 92.1 Å². The van der Waals surface area contributed by atoms with Crippen molar-refractivity contribution in [3.05, 3.63) is 174 Å². The molecule has 0 saturated heterocycles. The molecule has 0 spiro atoms. The standard InChI is InChI=1S/C28H25FN2O6.C22H24FN3O4.CH4/c1-4-36-28(34)23-25(37-27(33)18-8-6-5-7-9-18)24-22(31(2)26(23)32)13-17(15-30-24)12-19-10-11-21(29)14-20(19)16-35-3;1-4-7-24-21(28)18-20(27)19-17(26(2)22(18)29)9-13(11-25-19)8-14-5-6-16(23)10-15(14)12-30-3;/h5-11,13-15H,4,12,16H2,1-3H3;5-6,9-11,27H,4,7-8,12H2,1-3H3,(H,24,28);1H4. The molecule has 0 unspecified atom stereocenters. The summed E-state index contributed by atoms with van der Waals surface area (Å²) in [4.78, 5) is 72.7. The second-order valence-electron chi connectivity index (χ2n) is 15.4. The highest BCUT2D eigenvalue weighted by Crippen LogP contribution is 2.30. The quantitative estimate of drug-likeness (QED) is 0.0965. The van der Waals surface area contributed by atoms with E-state index in [1.54, 1.807) is 81.0 Å². The van der Waals surface area contributed by atoms with Gasteiger partial charge in [-0.25, -0.2) is 18.4 Å². The number of aryl methyl sites for hydroxylation is 2. The molecule has 4 heterocycles. The molecule has 15 nitrogen and oxygen atoms in total. The van der Waals surface area contributed by atoms with E-state index in [-0.39, 0.29) is 66.8 Å². The second kappa shape index (κ2) is 23.2. The number of hydrogen-bond donors (Lipinski definition) is 2. The minimum absolute atomic E-state index is 0. The lowest BCUT2D eigenvalue weighted by Crippen LogP contribution is -2.33. The number of fused-ring (bicyclic) bond motifs is 2. The first-order valence-corrected chi connectivity index (χ1v) is 21.2. The number of rotatable bonds is 15. The number of amides is 1. The molecule has 17 heteroatoms. The molecule has 0 aliphatic carbocycles. The van der Waals surface area contributed by atoms with Gasteiger partial charge in [-0.15, -0.1) is 0 Å². The van der Waals surface area contributed by atoms with Gasteiger partial charge in [-0.3, -0.25) is 24.4 Å². The Morgan fingerprint density at radius 2 is 1.21 bits per heavy atom. The zero-order valence-corrected chi connectivity index (χ0v) is 37.8. The molecular weight excluding hydrogens is 881 g/mol. The maximum absolute atomic E-state index is 13.8. The number of carbonyl (C=O) groups is 3. The molecule has 68 heavy (non-hydrogen) atoms. The Kier molecular flexibility index (Phi) is 17.5. The van der Waals surface area contributed by atoms with Crippen LogP contribution in [0.25, 0.3) is 22.1 Å². The maximum Gasteiger partial charge on any atom is 0.347 e. The van der Waals surface area contributed by atoms with Crippen LogP contribution in [0.4, 0.5) is 8.78 Å². The average molecular weight is 934 g/mol. The summed E-state index contributed by atoms with van der Waals surface area (Å²) < 4.78 is 50.9. The molecule has 0 atom stereocenters. The Morgan fingerprint density at radius 3 is 1.72 bits per heavy atom. The molecule has 7 aromatic rings. The molecule has 356 valence electrons. The molecule has 4 aromatic heterocycles. The lowest BCUT2D eigenvalue weighted by molar-refractivity contribution is 0.0517. The number of methoxy groups -OCH3 is 2. The van der Waals surface area contributed by atoms with Gasteiger partial charge in [0.25, 0.3) is 17.0 Å². The van der Waals surface area contributed by atoms with E-state index < -0.39 is 40.3 Å². The van der Waals surface area contributed by atoms with Crippen molar-refractivity contribution in [3.8, 4) is 11.5 Å². The number of halogens is 2. The summed E-state index contributed by atoms with van der Waals surface area (Å²) in [5.74, 6) is -3.70. The zero-order chi connectivity index (χ0) is 48.4. The smallest absolute Gasteiger partial charge is 0.347 e. The summed E-state index contributed by atoms with van der Waals surface area (Å²) in [5.41, 5.74) is 3.86. The largest absolute Gasteiger partial charge is 0.505 e. The third-order valence-corrected chi connectivity index (χ3v) is 10.7. The number of pyridine rings is 4. The number of aromatic hydroxyl groups is 1. The molecule has 2 N–H and O–H groups in total. The highest BCUT2D eigenvalue weighted by atomic mass is 19.1. The Morgan fingerprint density at radius 1 is 0.691 bits per heavy atom. The lowest BCUT2D eigenvalue weighted by Gasteiger charge is -2.15. The van der Waals surface area contributed by atoms with Crippen LogP contribution in [0, 0.1) is 11.6 Å². The SMILES string of the molecule is C.CCCNC(=O)c1c(O)c2ncc(Cc3ccc(F)cc3COC)cc2n(C)c1=O.CCOC(=O)c1c(OC(=O)c2ccccc2)c2ncc(Cc3ccc(F)cc3COC)cc2n(C)c1=O. The average Bonchev–Trinajstić information content (AvgIpc) is 3.31. The van der Waals surface area contributed by atoms with E-state index in [1.807, 2.05) is 6.92 Å². The monoisotopic (exact) mass is 933 g/mol. The summed E-state index contributed by atoms with van der Waals surface area (Å²) in [6.45, 7) is 4.42. The van der Waals surface area contributed by atoms with Gasteiger partial charge in [0.2, 0.25) is 0 Å². The number of hydrogen-bond acceptors (Lipinski definition) is 12. The van der Waals surface area contributed by atoms with Crippen molar-refractivity contribution >= 4 is 39.9 Å². The van der Waals surface area contributed by atoms with Gasteiger partial charge in [0.1, 0.15) is 28.2 Å². The third kappa shape index (κ3) is 11.5. The summed E-state index contributed by atoms with van der Waals surface area (Å²) in [5, 5.41) is 13.2. The number of aromatic nitrogens is 4. The predicted octanol–water partition coefficient (Wildman–Crippen LogP) is 7.50. The summed E-state index contributed by atoms with van der Waals surface area (Å²) in [6, 6.07) is 20.6. The Balaban J connectivity index is 0.000000256. The van der Waals surface area contributed by atoms with Crippen molar-refractivity contribution in [2.45, 2.75) is 53.8 Å². The third-order valence-electron chi connectivity index (χ3n) is 10.7. The second-order valence-corrected chi connectivity index (χ2v) is 15.4. The Labute approximate surface area is 390 Å². The topological polar surface area (TPSA) is 190 Å². The van der Waals surface area contributed by atoms with Gasteiger partial charge in [-0.05, 0) is 108 Å². The van der Waals surface area contributed by atoms with Crippen LogP contribution in [0.2, 0.25) is 0 Å². The highest BCUT2D eigenvalue weighted by molar-refractivity contribution is 6.02. The van der Waals surface area contributed by atoms with Crippen LogP contribution in [0.3, 0.4) is 0 Å². The molecule has 0 fully saturated rings. The first-order valence-electron chi connectivity index (χ1n) is 21.2. The van der Waals surface area contributed by atoms with Gasteiger partial charge >= 0.3 is 11.9 Å². The van der Waals surface area contributed by atoms with Crippen molar-refractivity contribution in [2.24, 2.45) is 14.1 Å². The van der Waals surface area contributed by atoms with Gasteiger partial charge in [0, 0.05) is 47.3 Å². The fourth-order valence-electron chi connectivity index (χ4n) is 7.33. The fraction of sp³-hybridized carbons (Fsp3) is 0.275. The van der Waals surface area contributed by atoms with E-state index >= 15 is 0 Å². The predicted molar refractivity (Wildman–Crippen MR) is 252 cm³/mol. The number of ether oxygens (including phenoxy) is 4. The summed E-state index contributed by atoms with van der Waals surface area (Å²) in [7, 11) is 6.09. The minimum Gasteiger partial charge on any atom is -0.505 e. The van der Waals surface area contributed by atoms with Crippen molar-refractivity contribution in [2.75, 3.05) is 27.4 Å². The van der Waals surface area contributed by atoms with Crippen molar-refractivity contribution in [1.82, 2.24) is 24.4 Å². The number of carbonyl (C=O) groups excluding carboxylic acids is 3. The Bertz CT molecular complexity index is 3100. The van der Waals surface area contributed by atoms with E-state index in [4.69, 9.17) is 18.9 Å². The van der Waals surface area contributed by atoms with Gasteiger partial charge in [-0.1, -0.05) is 44.7 Å². The summed E-state index contributed by atoms with van der Waals surface area (Å²) in [6.07, 6.45) is 4.66. The van der Waals surface area contributed by atoms with Crippen LogP contribution in [-0.4, -0.2) is 69.4 Å². The lowest BCUT2D eigenvalue weighted by atomic mass is 10.0. The van der Waals surface area contributed by atoms with Crippen molar-refractivity contribution in [1.29, 1.82) is 0 Å². The van der Waals surface area contributed by atoms with E-state index in [2.05, 4.69) is 15.3 Å². The van der Waals surface area contributed by atoms with Crippen LogP contribution < -0.4 is 21.2 Å². The molecule has 0 aliphatic rings. The highest BCUT2D eigenvalue weighted by Gasteiger charge is 2.28. The van der Waals surface area contributed by atoms with E-state index in [0.29, 0.717) is 42.4 Å². The van der Waals surface area contributed by atoms with E-state index in [0.717, 1.165) is 27.8 Å². The molecule has 1 amide bonds. The molecule has 0 saturated carbocycles. The molecule has 3 aromatic carbocycles. The van der Waals surface area contributed by atoms with Crippen LogP contribution in [0.5, 0.6) is 11.5 Å². The fourth-order valence-corrected chi connectivity index (χ4v) is 7.33. The number of esters is 2. The molecule has 0 bridgehead atoms. The van der Waals surface area contributed by atoms with Gasteiger partial charge in [0.05, 0.1) is 36.4 Å². The van der Waals surface area contributed by atoms with Gasteiger partial charge < -0.3 is 38.5 Å². The zero-order valence-electron chi connectivity index (χ0n) is 37.8. The summed E-state index contributed by atoms with van der Waals surface area (Å²) >= 11 is 0. The maximum atomic E-state index is 13.8. The first kappa shape index (κ1) is 51.4.